The van der Waals surface area contributed by atoms with Gasteiger partial charge >= 0.3 is 0 Å². The number of amides is 1. The molecule has 9 nitrogen and oxygen atoms in total. The molecule has 3 aliphatic heterocycles. The number of hydrogen-bond acceptors (Lipinski definition) is 7. The maximum Gasteiger partial charge on any atom is 0.269 e. The number of hydrogen-bond donors (Lipinski definition) is 2. The first-order valence-corrected chi connectivity index (χ1v) is 14.2. The number of rotatable bonds is 7. The summed E-state index contributed by atoms with van der Waals surface area (Å²) in [5.74, 6) is -0.160. The van der Waals surface area contributed by atoms with Crippen LogP contribution >= 0.6 is 0 Å². The van der Waals surface area contributed by atoms with E-state index in [1.165, 1.54) is 12.1 Å². The van der Waals surface area contributed by atoms with Gasteiger partial charge in [-0.05, 0) is 40.8 Å². The fourth-order valence-corrected chi connectivity index (χ4v) is 7.13. The molecule has 0 aromatic heterocycles. The summed E-state index contributed by atoms with van der Waals surface area (Å²) in [5.41, 5.74) is 1.54. The van der Waals surface area contributed by atoms with Gasteiger partial charge in [0.05, 0.1) is 23.7 Å². The van der Waals surface area contributed by atoms with Crippen molar-refractivity contribution in [2.75, 3.05) is 6.61 Å². The zero-order chi connectivity index (χ0) is 29.0. The molecular formula is C33H31N3O6. The van der Waals surface area contributed by atoms with E-state index < -0.39 is 28.8 Å². The first kappa shape index (κ1) is 26.6. The lowest BCUT2D eigenvalue weighted by Crippen LogP contribution is -2.54. The van der Waals surface area contributed by atoms with Gasteiger partial charge in [0.25, 0.3) is 5.69 Å². The molecule has 7 rings (SSSR count). The van der Waals surface area contributed by atoms with Crippen LogP contribution in [0.1, 0.15) is 35.6 Å². The normalized spacial score (nSPS) is 26.0. The molecule has 3 heterocycles. The van der Waals surface area contributed by atoms with Gasteiger partial charge < -0.3 is 19.8 Å². The molecule has 1 spiro atoms. The number of carbonyl (C=O) groups excluding carboxylic acids is 1. The Morgan fingerprint density at radius 3 is 2.40 bits per heavy atom. The summed E-state index contributed by atoms with van der Waals surface area (Å²) in [4.78, 5) is 29.1. The molecule has 1 amide bonds. The molecule has 4 aromatic carbocycles. The topological polar surface area (TPSA) is 120 Å². The maximum absolute atomic E-state index is 14.4. The number of piperidine rings is 1. The van der Waals surface area contributed by atoms with Crippen molar-refractivity contribution in [1.82, 2.24) is 9.80 Å². The third-order valence-electron chi connectivity index (χ3n) is 9.27. The van der Waals surface area contributed by atoms with E-state index in [1.807, 2.05) is 34.1 Å². The fraction of sp³-hybridized carbons (Fsp3) is 0.303. The van der Waals surface area contributed by atoms with Crippen LogP contribution in [0.5, 0.6) is 5.75 Å². The van der Waals surface area contributed by atoms with Gasteiger partial charge in [-0.2, -0.15) is 0 Å². The molecular weight excluding hydrogens is 534 g/mol. The number of aromatic hydroxyl groups is 1. The van der Waals surface area contributed by atoms with Crippen molar-refractivity contribution in [2.24, 2.45) is 5.92 Å². The fourth-order valence-electron chi connectivity index (χ4n) is 7.13. The monoisotopic (exact) mass is 565 g/mol. The van der Waals surface area contributed by atoms with E-state index in [0.717, 1.165) is 21.9 Å². The SMILES string of the molecule is O=C1[C@@H]2[C@@H](CC[C@H]([C@H](O)c3ccccc3O)N2Cc2ccc([N+](=O)[O-])cc2)C2(CO2)N1Cc1cccc2ccccc12. The second-order valence-corrected chi connectivity index (χ2v) is 11.5. The highest BCUT2D eigenvalue weighted by Gasteiger charge is 2.69. The molecule has 9 heteroatoms. The quantitative estimate of drug-likeness (QED) is 0.186. The van der Waals surface area contributed by atoms with Gasteiger partial charge in [0.15, 0.2) is 5.72 Å². The summed E-state index contributed by atoms with van der Waals surface area (Å²) >= 11 is 0. The number of fused-ring (bicyclic) bond motifs is 3. The lowest BCUT2D eigenvalue weighted by Gasteiger charge is -2.44. The van der Waals surface area contributed by atoms with Crippen LogP contribution in [0.4, 0.5) is 5.69 Å². The van der Waals surface area contributed by atoms with Gasteiger partial charge in [-0.15, -0.1) is 0 Å². The van der Waals surface area contributed by atoms with E-state index in [1.54, 1.807) is 36.4 Å². The average Bonchev–Trinajstić information content (AvgIpc) is 3.77. The van der Waals surface area contributed by atoms with Crippen LogP contribution < -0.4 is 0 Å². The van der Waals surface area contributed by atoms with Gasteiger partial charge in [0.2, 0.25) is 5.91 Å². The van der Waals surface area contributed by atoms with Crippen LogP contribution in [0.15, 0.2) is 91.0 Å². The smallest absolute Gasteiger partial charge is 0.269 e. The Morgan fingerprint density at radius 1 is 0.952 bits per heavy atom. The molecule has 0 saturated carbocycles. The molecule has 3 fully saturated rings. The number of nitro groups is 1. The van der Waals surface area contributed by atoms with Crippen molar-refractivity contribution in [3.8, 4) is 5.75 Å². The third kappa shape index (κ3) is 4.32. The number of nitrogens with zero attached hydrogens (tertiary/aromatic N) is 3. The van der Waals surface area contributed by atoms with Gasteiger partial charge in [0, 0.05) is 42.7 Å². The minimum absolute atomic E-state index is 0.000244. The Hall–Kier alpha value is -4.31. The number of phenols is 1. The highest BCUT2D eigenvalue weighted by atomic mass is 16.6. The molecule has 3 saturated heterocycles. The standard InChI is InChI=1S/C33H31N3O6/c37-29-11-4-3-10-26(29)31(38)28-17-16-27-30(34(28)18-21-12-14-24(15-13-21)36(40)41)32(39)35(33(27)20-42-33)19-23-8-5-7-22-6-1-2-9-25(22)23/h1-15,27-28,30-31,37-38H,16-20H2/t27-,28-,30+,31-,33?/m1/s1. The summed E-state index contributed by atoms with van der Waals surface area (Å²) in [6, 6.07) is 26.2. The van der Waals surface area contributed by atoms with Gasteiger partial charge in [0.1, 0.15) is 5.75 Å². The molecule has 5 atom stereocenters. The second kappa shape index (κ2) is 10.2. The van der Waals surface area contributed by atoms with Crippen LogP contribution in [-0.4, -0.2) is 55.3 Å². The number of nitro benzene ring substituents is 1. The van der Waals surface area contributed by atoms with Crippen LogP contribution in [0, 0.1) is 16.0 Å². The second-order valence-electron chi connectivity index (χ2n) is 11.5. The van der Waals surface area contributed by atoms with E-state index in [-0.39, 0.29) is 23.3 Å². The molecule has 214 valence electrons. The van der Waals surface area contributed by atoms with Gasteiger partial charge in [-0.25, -0.2) is 0 Å². The summed E-state index contributed by atoms with van der Waals surface area (Å²) in [6.45, 7) is 1.17. The van der Waals surface area contributed by atoms with Gasteiger partial charge in [-0.1, -0.05) is 72.8 Å². The van der Waals surface area contributed by atoms with E-state index >= 15 is 0 Å². The molecule has 0 radical (unpaired) electrons. The predicted octanol–water partition coefficient (Wildman–Crippen LogP) is 4.91. The minimum atomic E-state index is -1.04. The number of non-ortho nitro benzene ring substituents is 1. The molecule has 42 heavy (non-hydrogen) atoms. The number of para-hydroxylation sites is 1. The lowest BCUT2D eigenvalue weighted by molar-refractivity contribution is -0.384. The maximum atomic E-state index is 14.4. The third-order valence-corrected chi connectivity index (χ3v) is 9.27. The number of ether oxygens (including phenoxy) is 1. The Bertz CT molecular complexity index is 1660. The van der Waals surface area contributed by atoms with E-state index in [9.17, 15) is 25.1 Å². The Balaban J connectivity index is 1.26. The zero-order valence-corrected chi connectivity index (χ0v) is 22.9. The zero-order valence-electron chi connectivity index (χ0n) is 22.9. The number of aliphatic hydroxyl groups is 1. The van der Waals surface area contributed by atoms with Crippen molar-refractivity contribution >= 4 is 22.4 Å². The number of carbonyl (C=O) groups is 1. The van der Waals surface area contributed by atoms with Crippen LogP contribution in [0.3, 0.4) is 0 Å². The number of epoxide rings is 1. The van der Waals surface area contributed by atoms with Crippen molar-refractivity contribution in [3.05, 3.63) is 118 Å². The van der Waals surface area contributed by atoms with Crippen molar-refractivity contribution in [2.45, 2.75) is 49.8 Å². The predicted molar refractivity (Wildman–Crippen MR) is 155 cm³/mol. The number of aliphatic hydroxyl groups excluding tert-OH is 1. The number of benzene rings is 4. The summed E-state index contributed by atoms with van der Waals surface area (Å²) in [5, 5.41) is 35.6. The van der Waals surface area contributed by atoms with Crippen molar-refractivity contribution < 1.29 is 24.7 Å². The molecule has 3 aliphatic rings. The van der Waals surface area contributed by atoms with E-state index in [2.05, 4.69) is 18.2 Å². The first-order chi connectivity index (χ1) is 20.4. The molecule has 4 aromatic rings. The Kier molecular flexibility index (Phi) is 6.46. The first-order valence-electron chi connectivity index (χ1n) is 14.2. The Morgan fingerprint density at radius 2 is 1.67 bits per heavy atom. The lowest BCUT2D eigenvalue weighted by atomic mass is 9.80. The van der Waals surface area contributed by atoms with Crippen molar-refractivity contribution in [3.63, 3.8) is 0 Å². The number of likely N-dealkylation sites (tertiary alicyclic amines) is 2. The minimum Gasteiger partial charge on any atom is -0.508 e. The average molecular weight is 566 g/mol. The Labute approximate surface area is 242 Å². The molecule has 2 N–H and O–H groups in total. The highest BCUT2D eigenvalue weighted by molar-refractivity contribution is 5.89. The van der Waals surface area contributed by atoms with Crippen LogP contribution in [0.25, 0.3) is 10.8 Å². The molecule has 0 aliphatic carbocycles. The van der Waals surface area contributed by atoms with E-state index in [4.69, 9.17) is 4.74 Å². The molecule has 0 bridgehead atoms. The van der Waals surface area contributed by atoms with Crippen LogP contribution in [0.2, 0.25) is 0 Å². The van der Waals surface area contributed by atoms with Gasteiger partial charge in [-0.3, -0.25) is 19.8 Å². The summed E-state index contributed by atoms with van der Waals surface area (Å²) < 4.78 is 6.13. The van der Waals surface area contributed by atoms with Crippen LogP contribution in [-0.2, 0) is 22.6 Å². The largest absolute Gasteiger partial charge is 0.508 e. The highest BCUT2D eigenvalue weighted by Crippen LogP contribution is 2.54. The van der Waals surface area contributed by atoms with Crippen molar-refractivity contribution in [1.29, 1.82) is 0 Å². The number of phenolic OH excluding ortho intramolecular Hbond substituents is 1. The molecule has 1 unspecified atom stereocenters. The van der Waals surface area contributed by atoms with E-state index in [0.29, 0.717) is 38.1 Å². The summed E-state index contributed by atoms with van der Waals surface area (Å²) in [6.07, 6.45) is 0.222. The summed E-state index contributed by atoms with van der Waals surface area (Å²) in [7, 11) is 0.